The van der Waals surface area contributed by atoms with E-state index in [1.54, 1.807) is 25.3 Å². The lowest BCUT2D eigenvalue weighted by atomic mass is 10.0. The van der Waals surface area contributed by atoms with Crippen LogP contribution < -0.4 is 4.74 Å². The number of aromatic nitrogens is 2. The van der Waals surface area contributed by atoms with Crippen LogP contribution in [0.4, 0.5) is 0 Å². The molecule has 6 heteroatoms. The lowest BCUT2D eigenvalue weighted by Gasteiger charge is -2.14. The van der Waals surface area contributed by atoms with Crippen LogP contribution in [-0.4, -0.2) is 24.5 Å². The molecule has 1 heterocycles. The van der Waals surface area contributed by atoms with Crippen LogP contribution in [0.2, 0.25) is 0 Å². The molecule has 5 nitrogen and oxygen atoms in total. The molecule has 0 aliphatic heterocycles. The minimum Gasteiger partial charge on any atom is -0.496 e. The smallest absolute Gasteiger partial charge is 0.268 e. The van der Waals surface area contributed by atoms with Crippen molar-refractivity contribution in [3.05, 3.63) is 42.5 Å². The van der Waals surface area contributed by atoms with Gasteiger partial charge >= 0.3 is 0 Å². The van der Waals surface area contributed by atoms with E-state index in [1.807, 2.05) is 13.8 Å². The van der Waals surface area contributed by atoms with E-state index in [9.17, 15) is 8.42 Å². The summed E-state index contributed by atoms with van der Waals surface area (Å²) in [6.45, 7) is 3.98. The van der Waals surface area contributed by atoms with Crippen molar-refractivity contribution >= 4 is 10.0 Å². The van der Waals surface area contributed by atoms with E-state index < -0.39 is 10.0 Å². The first-order valence-electron chi connectivity index (χ1n) is 5.88. The third-order valence-electron chi connectivity index (χ3n) is 2.88. The summed E-state index contributed by atoms with van der Waals surface area (Å²) in [6, 6.07) is 4.87. The number of imidazole rings is 1. The Balaban J connectivity index is 2.56. The monoisotopic (exact) mass is 280 g/mol. The van der Waals surface area contributed by atoms with Crippen LogP contribution in [0.25, 0.3) is 0 Å². The maximum Gasteiger partial charge on any atom is 0.268 e. The molecule has 1 aromatic carbocycles. The fourth-order valence-electron chi connectivity index (χ4n) is 1.83. The van der Waals surface area contributed by atoms with E-state index in [4.69, 9.17) is 4.74 Å². The van der Waals surface area contributed by atoms with E-state index in [-0.39, 0.29) is 10.8 Å². The maximum absolute atomic E-state index is 12.4. The summed E-state index contributed by atoms with van der Waals surface area (Å²) in [7, 11) is -2.00. The van der Waals surface area contributed by atoms with Crippen LogP contribution in [0, 0.1) is 0 Å². The normalized spacial score (nSPS) is 11.8. The highest BCUT2D eigenvalue weighted by Gasteiger charge is 2.19. The van der Waals surface area contributed by atoms with Crippen LogP contribution in [-0.2, 0) is 10.0 Å². The zero-order valence-electron chi connectivity index (χ0n) is 11.1. The molecule has 0 aliphatic carbocycles. The molecule has 0 fully saturated rings. The predicted molar refractivity (Wildman–Crippen MR) is 71.9 cm³/mol. The number of hydrogen-bond donors (Lipinski definition) is 0. The summed E-state index contributed by atoms with van der Waals surface area (Å²) in [5, 5.41) is 0. The van der Waals surface area contributed by atoms with Gasteiger partial charge in [-0.3, -0.25) is 0 Å². The second-order valence-corrected chi connectivity index (χ2v) is 6.30. The van der Waals surface area contributed by atoms with Crippen molar-refractivity contribution in [3.63, 3.8) is 0 Å². The van der Waals surface area contributed by atoms with Crippen LogP contribution in [0.15, 0.2) is 41.8 Å². The summed E-state index contributed by atoms with van der Waals surface area (Å²) < 4.78 is 31.1. The Morgan fingerprint density at radius 3 is 2.58 bits per heavy atom. The lowest BCUT2D eigenvalue weighted by Crippen LogP contribution is -2.11. The molecule has 0 aliphatic rings. The predicted octanol–water partition coefficient (Wildman–Crippen LogP) is 2.25. The molecule has 0 spiro atoms. The Bertz CT molecular complexity index is 661. The first-order chi connectivity index (χ1) is 8.96. The van der Waals surface area contributed by atoms with E-state index in [0.717, 1.165) is 9.54 Å². The third-order valence-corrected chi connectivity index (χ3v) is 4.50. The highest BCUT2D eigenvalue weighted by Crippen LogP contribution is 2.29. The van der Waals surface area contributed by atoms with Gasteiger partial charge in [-0.25, -0.2) is 17.4 Å². The van der Waals surface area contributed by atoms with Gasteiger partial charge in [0.15, 0.2) is 0 Å². The number of benzene rings is 1. The van der Waals surface area contributed by atoms with Gasteiger partial charge in [0, 0.05) is 12.4 Å². The molecule has 0 unspecified atom stereocenters. The van der Waals surface area contributed by atoms with Gasteiger partial charge in [-0.2, -0.15) is 0 Å². The molecule has 1 aromatic heterocycles. The number of ether oxygens (including phenoxy) is 1. The Morgan fingerprint density at radius 2 is 2.05 bits per heavy atom. The van der Waals surface area contributed by atoms with Gasteiger partial charge in [-0.15, -0.1) is 0 Å². The van der Waals surface area contributed by atoms with E-state index >= 15 is 0 Å². The Morgan fingerprint density at radius 1 is 1.32 bits per heavy atom. The maximum atomic E-state index is 12.4. The van der Waals surface area contributed by atoms with Crippen molar-refractivity contribution in [2.45, 2.75) is 24.7 Å². The number of hydrogen-bond acceptors (Lipinski definition) is 4. The first kappa shape index (κ1) is 13.6. The van der Waals surface area contributed by atoms with Crippen molar-refractivity contribution < 1.29 is 13.2 Å². The third kappa shape index (κ3) is 2.49. The van der Waals surface area contributed by atoms with Crippen molar-refractivity contribution in [3.8, 4) is 5.75 Å². The fraction of sp³-hybridized carbons (Fsp3) is 0.308. The number of nitrogens with zero attached hydrogens (tertiary/aromatic N) is 2. The van der Waals surface area contributed by atoms with Gasteiger partial charge < -0.3 is 4.74 Å². The van der Waals surface area contributed by atoms with Gasteiger partial charge in [0.05, 0.1) is 12.0 Å². The van der Waals surface area contributed by atoms with Crippen LogP contribution >= 0.6 is 0 Å². The molecule has 0 radical (unpaired) electrons. The van der Waals surface area contributed by atoms with Gasteiger partial charge in [-0.05, 0) is 29.7 Å². The Hall–Kier alpha value is -1.82. The zero-order valence-corrected chi connectivity index (χ0v) is 11.9. The minimum absolute atomic E-state index is 0.174. The first-order valence-corrected chi connectivity index (χ1v) is 7.32. The quantitative estimate of drug-likeness (QED) is 0.861. The van der Waals surface area contributed by atoms with Crippen LogP contribution in [0.1, 0.15) is 25.3 Å². The highest BCUT2D eigenvalue weighted by atomic mass is 32.2. The lowest BCUT2D eigenvalue weighted by molar-refractivity contribution is 0.407. The molecular formula is C13H16N2O3S. The van der Waals surface area contributed by atoms with Gasteiger partial charge in [0.1, 0.15) is 12.1 Å². The molecule has 0 bridgehead atoms. The molecule has 0 N–H and O–H groups in total. The second-order valence-electron chi connectivity index (χ2n) is 4.46. The zero-order chi connectivity index (χ0) is 14.0. The molecule has 0 saturated heterocycles. The fourth-order valence-corrected chi connectivity index (χ4v) is 2.99. The SMILES string of the molecule is COc1ccc(S(=O)(=O)n2ccnc2)cc1C(C)C. The minimum atomic E-state index is -3.58. The van der Waals surface area contributed by atoms with Crippen molar-refractivity contribution in [2.24, 2.45) is 0 Å². The largest absolute Gasteiger partial charge is 0.496 e. The number of rotatable bonds is 4. The topological polar surface area (TPSA) is 61.2 Å². The summed E-state index contributed by atoms with van der Waals surface area (Å²) in [5.41, 5.74) is 0.865. The second kappa shape index (κ2) is 5.05. The molecule has 2 aromatic rings. The molecule has 0 amide bonds. The highest BCUT2D eigenvalue weighted by molar-refractivity contribution is 7.90. The molecule has 19 heavy (non-hydrogen) atoms. The molecular weight excluding hydrogens is 264 g/mol. The van der Waals surface area contributed by atoms with Crippen molar-refractivity contribution in [1.82, 2.24) is 8.96 Å². The summed E-state index contributed by atoms with van der Waals surface area (Å²) in [5.74, 6) is 0.868. The Kier molecular flexibility index (Phi) is 3.61. The molecule has 0 atom stereocenters. The van der Waals surface area contributed by atoms with E-state index in [0.29, 0.717) is 5.75 Å². The van der Waals surface area contributed by atoms with Crippen LogP contribution in [0.5, 0.6) is 5.75 Å². The van der Waals surface area contributed by atoms with Crippen LogP contribution in [0.3, 0.4) is 0 Å². The number of methoxy groups -OCH3 is 1. The van der Waals surface area contributed by atoms with E-state index in [2.05, 4.69) is 4.98 Å². The summed E-state index contributed by atoms with van der Waals surface area (Å²) in [6.07, 6.45) is 4.12. The Labute approximate surface area is 112 Å². The van der Waals surface area contributed by atoms with Gasteiger partial charge in [-0.1, -0.05) is 13.8 Å². The van der Waals surface area contributed by atoms with Gasteiger partial charge in [0.25, 0.3) is 10.0 Å². The standard InChI is InChI=1S/C13H16N2O3S/c1-10(2)12-8-11(4-5-13(12)18-3)19(16,17)15-7-6-14-9-15/h4-10H,1-3H3. The molecule has 102 valence electrons. The average Bonchev–Trinajstić information content (AvgIpc) is 2.92. The summed E-state index contributed by atoms with van der Waals surface area (Å²) >= 11 is 0. The average molecular weight is 280 g/mol. The van der Waals surface area contributed by atoms with Crippen molar-refractivity contribution in [1.29, 1.82) is 0 Å². The summed E-state index contributed by atoms with van der Waals surface area (Å²) in [4.78, 5) is 4.00. The van der Waals surface area contributed by atoms with Gasteiger partial charge in [0.2, 0.25) is 0 Å². The molecule has 0 saturated carbocycles. The molecule has 2 rings (SSSR count). The van der Waals surface area contributed by atoms with E-state index in [1.165, 1.54) is 18.7 Å². The van der Waals surface area contributed by atoms with Crippen molar-refractivity contribution in [2.75, 3.05) is 7.11 Å².